The number of rotatable bonds is 10. The van der Waals surface area contributed by atoms with Crippen LogP contribution in [0.5, 0.6) is 0 Å². The molecular formula is C12H22O7. The third-order valence-corrected chi connectivity index (χ3v) is 2.63. The van der Waals surface area contributed by atoms with E-state index in [1.807, 2.05) is 6.92 Å². The van der Waals surface area contributed by atoms with Gasteiger partial charge in [-0.1, -0.05) is 26.2 Å². The lowest BCUT2D eigenvalue weighted by Gasteiger charge is -2.14. The van der Waals surface area contributed by atoms with Gasteiger partial charge in [0, 0.05) is 6.42 Å². The molecule has 7 heteroatoms. The lowest BCUT2D eigenvalue weighted by atomic mass is 10.1. The van der Waals surface area contributed by atoms with E-state index in [2.05, 4.69) is 4.74 Å². The molecular weight excluding hydrogens is 256 g/mol. The zero-order chi connectivity index (χ0) is 14.8. The number of aliphatic hydroxyl groups is 3. The van der Waals surface area contributed by atoms with Gasteiger partial charge >= 0.3 is 11.9 Å². The largest absolute Gasteiger partial charge is 0.479 e. The Bertz CT molecular complexity index is 279. The molecule has 3 unspecified atom stereocenters. The summed E-state index contributed by atoms with van der Waals surface area (Å²) < 4.78 is 4.58. The van der Waals surface area contributed by atoms with Gasteiger partial charge in [-0.25, -0.2) is 9.59 Å². The summed E-state index contributed by atoms with van der Waals surface area (Å²) in [5.41, 5.74) is 0. The zero-order valence-corrected chi connectivity index (χ0v) is 11.0. The Morgan fingerprint density at radius 2 is 1.68 bits per heavy atom. The third-order valence-electron chi connectivity index (χ3n) is 2.63. The molecule has 0 aromatic carbocycles. The van der Waals surface area contributed by atoms with E-state index in [-0.39, 0.29) is 13.0 Å². The summed E-state index contributed by atoms with van der Waals surface area (Å²) in [6, 6.07) is 0. The normalized spacial score (nSPS) is 15.6. The van der Waals surface area contributed by atoms with Crippen LogP contribution in [0, 0.1) is 0 Å². The Hall–Kier alpha value is -1.18. The molecule has 0 fully saturated rings. The van der Waals surface area contributed by atoms with Gasteiger partial charge in [0.05, 0.1) is 12.7 Å². The molecule has 0 saturated carbocycles. The molecule has 19 heavy (non-hydrogen) atoms. The van der Waals surface area contributed by atoms with E-state index in [4.69, 9.17) is 15.3 Å². The van der Waals surface area contributed by atoms with E-state index in [0.29, 0.717) is 6.42 Å². The minimum absolute atomic E-state index is 0.129. The van der Waals surface area contributed by atoms with E-state index in [9.17, 15) is 14.7 Å². The first-order valence-corrected chi connectivity index (χ1v) is 6.33. The average Bonchev–Trinajstić information content (AvgIpc) is 2.37. The maximum atomic E-state index is 11.2. The molecule has 0 aromatic heterocycles. The maximum Gasteiger partial charge on any atom is 0.338 e. The molecule has 4 N–H and O–H groups in total. The van der Waals surface area contributed by atoms with Gasteiger partial charge in [-0.05, 0) is 6.42 Å². The Balaban J connectivity index is 3.81. The average molecular weight is 278 g/mol. The van der Waals surface area contributed by atoms with E-state index in [1.165, 1.54) is 0 Å². The lowest BCUT2D eigenvalue weighted by molar-refractivity contribution is -0.170. The van der Waals surface area contributed by atoms with Gasteiger partial charge in [0.25, 0.3) is 0 Å². The lowest BCUT2D eigenvalue weighted by Crippen LogP contribution is -2.40. The van der Waals surface area contributed by atoms with E-state index < -0.39 is 30.3 Å². The number of carboxylic acid groups (broad SMARTS) is 1. The smallest absolute Gasteiger partial charge is 0.338 e. The highest BCUT2D eigenvalue weighted by Gasteiger charge is 2.31. The second-order valence-electron chi connectivity index (χ2n) is 4.33. The molecule has 0 aliphatic heterocycles. The van der Waals surface area contributed by atoms with Crippen molar-refractivity contribution in [1.29, 1.82) is 0 Å². The van der Waals surface area contributed by atoms with Crippen LogP contribution in [0.15, 0.2) is 0 Å². The quantitative estimate of drug-likeness (QED) is 0.318. The van der Waals surface area contributed by atoms with Crippen molar-refractivity contribution in [3.05, 3.63) is 0 Å². The summed E-state index contributed by atoms with van der Waals surface area (Å²) in [4.78, 5) is 21.5. The van der Waals surface area contributed by atoms with Crippen LogP contribution in [0.1, 0.15) is 39.0 Å². The zero-order valence-electron chi connectivity index (χ0n) is 11.0. The van der Waals surface area contributed by atoms with Crippen LogP contribution in [0.25, 0.3) is 0 Å². The first kappa shape index (κ1) is 17.8. The Labute approximate surface area is 111 Å². The number of hydrogen-bond acceptors (Lipinski definition) is 6. The molecule has 0 aliphatic rings. The van der Waals surface area contributed by atoms with Crippen LogP contribution in [0.4, 0.5) is 0 Å². The van der Waals surface area contributed by atoms with Gasteiger partial charge in [0.15, 0.2) is 12.2 Å². The predicted octanol–water partition coefficient (Wildman–Crippen LogP) is -0.333. The minimum atomic E-state index is -2.21. The summed E-state index contributed by atoms with van der Waals surface area (Å²) in [7, 11) is 0. The van der Waals surface area contributed by atoms with Crippen molar-refractivity contribution in [2.75, 3.05) is 6.61 Å². The highest BCUT2D eigenvalue weighted by atomic mass is 16.6. The minimum Gasteiger partial charge on any atom is -0.479 e. The predicted molar refractivity (Wildman–Crippen MR) is 65.4 cm³/mol. The van der Waals surface area contributed by atoms with Crippen LogP contribution in [0.3, 0.4) is 0 Å². The standard InChI is InChI=1S/C12H22O7/c1-2-3-4-5-8(13)6-7-19-12(18)10(15)9(14)11(16)17/h8-10,13-15H,2-7H2,1H3,(H,16,17). The van der Waals surface area contributed by atoms with Crippen molar-refractivity contribution in [3.63, 3.8) is 0 Å². The molecule has 0 bridgehead atoms. The number of esters is 1. The fourth-order valence-corrected chi connectivity index (χ4v) is 1.42. The summed E-state index contributed by atoms with van der Waals surface area (Å²) >= 11 is 0. The molecule has 0 radical (unpaired) electrons. The topological polar surface area (TPSA) is 124 Å². The molecule has 0 spiro atoms. The molecule has 0 aromatic rings. The first-order chi connectivity index (χ1) is 8.90. The van der Waals surface area contributed by atoms with Crippen LogP contribution < -0.4 is 0 Å². The molecule has 0 heterocycles. The fraction of sp³-hybridized carbons (Fsp3) is 0.833. The maximum absolute atomic E-state index is 11.2. The van der Waals surface area contributed by atoms with Crippen LogP contribution in [0.2, 0.25) is 0 Å². The fourth-order valence-electron chi connectivity index (χ4n) is 1.42. The van der Waals surface area contributed by atoms with Gasteiger partial charge < -0.3 is 25.2 Å². The van der Waals surface area contributed by atoms with E-state index >= 15 is 0 Å². The van der Waals surface area contributed by atoms with E-state index in [1.54, 1.807) is 0 Å². The Morgan fingerprint density at radius 3 is 2.21 bits per heavy atom. The summed E-state index contributed by atoms with van der Waals surface area (Å²) in [6.07, 6.45) is -1.16. The summed E-state index contributed by atoms with van der Waals surface area (Å²) in [5.74, 6) is -2.92. The Morgan fingerprint density at radius 1 is 1.05 bits per heavy atom. The number of ether oxygens (including phenoxy) is 1. The molecule has 0 amide bonds. The third kappa shape index (κ3) is 7.76. The number of aliphatic hydroxyl groups excluding tert-OH is 3. The van der Waals surface area contributed by atoms with Crippen LogP contribution >= 0.6 is 0 Å². The van der Waals surface area contributed by atoms with Crippen LogP contribution in [-0.2, 0) is 14.3 Å². The second-order valence-corrected chi connectivity index (χ2v) is 4.33. The molecule has 112 valence electrons. The van der Waals surface area contributed by atoms with Crippen molar-refractivity contribution in [3.8, 4) is 0 Å². The molecule has 0 rings (SSSR count). The Kier molecular flexibility index (Phi) is 9.11. The number of carbonyl (C=O) groups is 2. The molecule has 7 nitrogen and oxygen atoms in total. The van der Waals surface area contributed by atoms with Gasteiger partial charge in [-0.2, -0.15) is 0 Å². The van der Waals surface area contributed by atoms with Crippen molar-refractivity contribution in [2.24, 2.45) is 0 Å². The van der Waals surface area contributed by atoms with Gasteiger partial charge in [0.1, 0.15) is 0 Å². The van der Waals surface area contributed by atoms with Crippen molar-refractivity contribution in [2.45, 2.75) is 57.3 Å². The number of carbonyl (C=O) groups excluding carboxylic acids is 1. The SMILES string of the molecule is CCCCCC(O)CCOC(=O)C(O)C(O)C(=O)O. The highest BCUT2D eigenvalue weighted by Crippen LogP contribution is 2.07. The summed E-state index contributed by atoms with van der Waals surface area (Å²) in [5, 5.41) is 35.9. The molecule has 3 atom stereocenters. The van der Waals surface area contributed by atoms with Crippen molar-refractivity contribution < 1.29 is 34.8 Å². The summed E-state index contributed by atoms with van der Waals surface area (Å²) in [6.45, 7) is 1.92. The number of hydrogen-bond donors (Lipinski definition) is 4. The van der Waals surface area contributed by atoms with E-state index in [0.717, 1.165) is 19.3 Å². The monoisotopic (exact) mass is 278 g/mol. The van der Waals surface area contributed by atoms with Gasteiger partial charge in [-0.15, -0.1) is 0 Å². The van der Waals surface area contributed by atoms with Crippen LogP contribution in [-0.4, -0.2) is 57.3 Å². The van der Waals surface area contributed by atoms with Crippen molar-refractivity contribution in [1.82, 2.24) is 0 Å². The first-order valence-electron chi connectivity index (χ1n) is 6.33. The number of unbranched alkanes of at least 4 members (excludes halogenated alkanes) is 2. The molecule has 0 aliphatic carbocycles. The van der Waals surface area contributed by atoms with Gasteiger partial charge in [-0.3, -0.25) is 0 Å². The van der Waals surface area contributed by atoms with Crippen molar-refractivity contribution >= 4 is 11.9 Å². The van der Waals surface area contributed by atoms with Gasteiger partial charge in [0.2, 0.25) is 0 Å². The number of carboxylic acids is 1. The highest BCUT2D eigenvalue weighted by molar-refractivity contribution is 5.84. The second kappa shape index (κ2) is 9.71. The number of aliphatic carboxylic acids is 1. The molecule has 0 saturated heterocycles.